The van der Waals surface area contributed by atoms with Crippen LogP contribution in [0.15, 0.2) is 36.9 Å². The number of nitrogens with zero attached hydrogens (tertiary/aromatic N) is 5. The van der Waals surface area contributed by atoms with E-state index < -0.39 is 0 Å². The molecule has 6 nitrogen and oxygen atoms in total. The van der Waals surface area contributed by atoms with E-state index in [1.807, 2.05) is 0 Å². The van der Waals surface area contributed by atoms with Crippen LogP contribution in [-0.4, -0.2) is 25.8 Å². The second kappa shape index (κ2) is 8.89. The van der Waals surface area contributed by atoms with Gasteiger partial charge in [0.25, 0.3) is 0 Å². The van der Waals surface area contributed by atoms with Gasteiger partial charge in [0.2, 0.25) is 17.8 Å². The van der Waals surface area contributed by atoms with Crippen LogP contribution in [0.3, 0.4) is 0 Å². The Morgan fingerprint density at radius 3 is 1.58 bits per heavy atom. The maximum absolute atomic E-state index is 11.5. The second-order valence-electron chi connectivity index (χ2n) is 3.00. The van der Waals surface area contributed by atoms with E-state index in [1.165, 1.54) is 11.8 Å². The topological polar surface area (TPSA) is 71.9 Å². The number of hydrogen-bond donors (Lipinski definition) is 0. The molecule has 0 bridgehead atoms. The van der Waals surface area contributed by atoms with Gasteiger partial charge in [-0.05, 0) is 12.1 Å². The molecule has 0 radical (unpaired) electrons. The van der Waals surface area contributed by atoms with Gasteiger partial charge in [0.05, 0.1) is 0 Å². The molecule has 2 heterocycles. The van der Waals surface area contributed by atoms with E-state index in [0.717, 1.165) is 0 Å². The third kappa shape index (κ3) is 5.17. The molecule has 104 valence electrons. The van der Waals surface area contributed by atoms with Crippen LogP contribution in [0, 0.1) is 0 Å². The molecule has 0 saturated heterocycles. The van der Waals surface area contributed by atoms with Crippen LogP contribution >= 0.6 is 19.1 Å². The van der Waals surface area contributed by atoms with Crippen LogP contribution in [0.1, 0.15) is 6.92 Å². The van der Waals surface area contributed by atoms with E-state index in [9.17, 15) is 4.79 Å². The van der Waals surface area contributed by atoms with E-state index >= 15 is 0 Å². The standard InChI is InChI=1S/C10H9N5O.2ClH.Pd/c1-8(16)15(9-11-4-2-5-12-9)10-13-6-3-7-14-10;;;/h2-7H,1H3;2*1H;/q;;;+2/p-2. The van der Waals surface area contributed by atoms with Crippen molar-refractivity contribution in [3.63, 3.8) is 0 Å². The third-order valence-corrected chi connectivity index (χ3v) is 1.82. The number of carbonyl (C=O) groups is 1. The fraction of sp³-hybridized carbons (Fsp3) is 0.100. The summed E-state index contributed by atoms with van der Waals surface area (Å²) >= 11 is -0.106. The number of hydrogen-bond acceptors (Lipinski definition) is 5. The molecular weight excluding hydrogens is 383 g/mol. The number of halogens is 2. The Bertz CT molecular complexity index is 462. The van der Waals surface area contributed by atoms with E-state index in [4.69, 9.17) is 19.1 Å². The van der Waals surface area contributed by atoms with E-state index in [0.29, 0.717) is 0 Å². The van der Waals surface area contributed by atoms with Gasteiger partial charge in [-0.3, -0.25) is 4.79 Å². The van der Waals surface area contributed by atoms with Gasteiger partial charge in [0, 0.05) is 31.7 Å². The van der Waals surface area contributed by atoms with Crippen molar-refractivity contribution in [1.82, 2.24) is 19.9 Å². The summed E-state index contributed by atoms with van der Waals surface area (Å²) in [5.41, 5.74) is 0. The molecular formula is C10H9Cl2N5OPd. The summed E-state index contributed by atoms with van der Waals surface area (Å²) < 4.78 is 0. The third-order valence-electron chi connectivity index (χ3n) is 1.82. The Labute approximate surface area is 126 Å². The predicted octanol–water partition coefficient (Wildman–Crippen LogP) is 2.33. The maximum atomic E-state index is 11.5. The zero-order valence-electron chi connectivity index (χ0n) is 9.68. The molecule has 9 heteroatoms. The molecule has 0 saturated carbocycles. The Balaban J connectivity index is 0.000000550. The zero-order chi connectivity index (χ0) is 14.1. The normalized spacial score (nSPS) is 9.42. The summed E-state index contributed by atoms with van der Waals surface area (Å²) in [4.78, 5) is 28.7. The second-order valence-corrected chi connectivity index (χ2v) is 5.36. The summed E-state index contributed by atoms with van der Waals surface area (Å²) in [5, 5.41) is 0. The molecule has 2 aromatic rings. The van der Waals surface area contributed by atoms with E-state index in [2.05, 4.69) is 19.9 Å². The molecule has 1 amide bonds. The molecule has 0 aliphatic heterocycles. The quantitative estimate of drug-likeness (QED) is 0.734. The van der Waals surface area contributed by atoms with Gasteiger partial charge in [0.1, 0.15) is 0 Å². The first-order valence-corrected chi connectivity index (χ1v) is 8.88. The average molecular weight is 393 g/mol. The van der Waals surface area contributed by atoms with Crippen molar-refractivity contribution in [2.75, 3.05) is 4.90 Å². The van der Waals surface area contributed by atoms with Crippen LogP contribution in [0.5, 0.6) is 0 Å². The summed E-state index contributed by atoms with van der Waals surface area (Å²) in [6.45, 7) is 1.41. The molecule has 0 atom stereocenters. The molecule has 2 aromatic heterocycles. The predicted molar refractivity (Wildman–Crippen MR) is 68.6 cm³/mol. The summed E-state index contributed by atoms with van der Waals surface area (Å²) in [6.07, 6.45) is 6.23. The van der Waals surface area contributed by atoms with Crippen LogP contribution in [0.25, 0.3) is 0 Å². The Hall–Kier alpha value is -1.13. The Morgan fingerprint density at radius 1 is 1.00 bits per heavy atom. The van der Waals surface area contributed by atoms with Crippen LogP contribution < -0.4 is 4.90 Å². The molecule has 19 heavy (non-hydrogen) atoms. The molecule has 0 aromatic carbocycles. The number of rotatable bonds is 2. The summed E-state index contributed by atoms with van der Waals surface area (Å²) in [6, 6.07) is 3.35. The van der Waals surface area contributed by atoms with Gasteiger partial charge < -0.3 is 0 Å². The van der Waals surface area contributed by atoms with Crippen molar-refractivity contribution in [2.24, 2.45) is 0 Å². The number of anilines is 2. The van der Waals surface area contributed by atoms with Crippen molar-refractivity contribution in [2.45, 2.75) is 6.92 Å². The Kier molecular flexibility index (Phi) is 7.45. The molecule has 0 spiro atoms. The van der Waals surface area contributed by atoms with Gasteiger partial charge in [-0.2, -0.15) is 0 Å². The van der Waals surface area contributed by atoms with Gasteiger partial charge in [-0.1, -0.05) is 0 Å². The fourth-order valence-electron chi connectivity index (χ4n) is 1.18. The fourth-order valence-corrected chi connectivity index (χ4v) is 1.18. The monoisotopic (exact) mass is 391 g/mol. The number of amides is 1. The molecule has 0 aliphatic rings. The van der Waals surface area contributed by atoms with Crippen molar-refractivity contribution in [1.29, 1.82) is 0 Å². The van der Waals surface area contributed by atoms with Crippen molar-refractivity contribution in [3.05, 3.63) is 36.9 Å². The molecule has 2 rings (SSSR count). The summed E-state index contributed by atoms with van der Waals surface area (Å²) in [7, 11) is 9.63. The van der Waals surface area contributed by atoms with E-state index in [-0.39, 0.29) is 33.7 Å². The van der Waals surface area contributed by atoms with E-state index in [1.54, 1.807) is 36.9 Å². The first-order valence-electron chi connectivity index (χ1n) is 4.87. The zero-order valence-corrected chi connectivity index (χ0v) is 12.7. The van der Waals surface area contributed by atoms with Gasteiger partial charge in [-0.15, -0.1) is 0 Å². The number of aromatic nitrogens is 4. The van der Waals surface area contributed by atoms with Gasteiger partial charge >= 0.3 is 35.0 Å². The molecule has 0 N–H and O–H groups in total. The molecule has 0 aliphatic carbocycles. The molecule has 0 fully saturated rings. The van der Waals surface area contributed by atoms with Gasteiger partial charge in [0.15, 0.2) is 0 Å². The minimum atomic E-state index is -0.239. The van der Waals surface area contributed by atoms with Crippen LogP contribution in [-0.2, 0) is 20.7 Å². The number of carbonyl (C=O) groups excluding carboxylic acids is 1. The SMILES string of the molecule is CC(=O)N(c1ncccn1)c1ncccn1.[Cl][Pd][Cl]. The van der Waals surface area contributed by atoms with Crippen LogP contribution in [0.4, 0.5) is 11.9 Å². The first-order chi connectivity index (χ1) is 9.20. The van der Waals surface area contributed by atoms with Crippen molar-refractivity contribution < 1.29 is 20.7 Å². The Morgan fingerprint density at radius 2 is 1.32 bits per heavy atom. The minimum absolute atomic E-state index is 0.106. The molecule has 0 unspecified atom stereocenters. The average Bonchev–Trinajstić information content (AvgIpc) is 2.42. The van der Waals surface area contributed by atoms with Crippen molar-refractivity contribution in [3.8, 4) is 0 Å². The summed E-state index contributed by atoms with van der Waals surface area (Å²) in [5.74, 6) is 0.291. The van der Waals surface area contributed by atoms with Gasteiger partial charge in [-0.25, -0.2) is 24.8 Å². The van der Waals surface area contributed by atoms with Crippen LogP contribution in [0.2, 0.25) is 0 Å². The first kappa shape index (κ1) is 15.9. The van der Waals surface area contributed by atoms with Crippen molar-refractivity contribution >= 4 is 36.9 Å².